The molecule has 0 unspecified atom stereocenters. The molecule has 0 saturated carbocycles. The lowest BCUT2D eigenvalue weighted by Crippen LogP contribution is -2.41. The SMILES string of the molecule is COc1cccc(N(CC(=O)N[C@@H](C)c2ccc(C)cc2)S(C)(=O)=O)c1. The number of carbonyl (C=O) groups is 1. The van der Waals surface area contributed by atoms with Crippen LogP contribution in [0, 0.1) is 6.92 Å². The van der Waals surface area contributed by atoms with E-state index in [9.17, 15) is 13.2 Å². The maximum absolute atomic E-state index is 12.4. The van der Waals surface area contributed by atoms with Crippen molar-refractivity contribution in [2.75, 3.05) is 24.2 Å². The topological polar surface area (TPSA) is 75.7 Å². The van der Waals surface area contributed by atoms with Gasteiger partial charge in [-0.15, -0.1) is 0 Å². The zero-order chi connectivity index (χ0) is 19.3. The highest BCUT2D eigenvalue weighted by molar-refractivity contribution is 7.92. The van der Waals surface area contributed by atoms with Crippen LogP contribution in [0.4, 0.5) is 5.69 Å². The second-order valence-electron chi connectivity index (χ2n) is 6.17. The van der Waals surface area contributed by atoms with Crippen molar-refractivity contribution in [3.63, 3.8) is 0 Å². The Balaban J connectivity index is 2.15. The summed E-state index contributed by atoms with van der Waals surface area (Å²) in [6, 6.07) is 14.2. The second kappa shape index (κ2) is 8.23. The van der Waals surface area contributed by atoms with Gasteiger partial charge in [-0.05, 0) is 31.5 Å². The number of methoxy groups -OCH3 is 1. The molecule has 0 saturated heterocycles. The van der Waals surface area contributed by atoms with E-state index in [1.165, 1.54) is 7.11 Å². The van der Waals surface area contributed by atoms with Crippen molar-refractivity contribution in [3.05, 3.63) is 59.7 Å². The molecule has 0 fully saturated rings. The Morgan fingerprint density at radius 3 is 2.42 bits per heavy atom. The van der Waals surface area contributed by atoms with Crippen molar-refractivity contribution in [2.45, 2.75) is 19.9 Å². The summed E-state index contributed by atoms with van der Waals surface area (Å²) in [5, 5.41) is 2.84. The van der Waals surface area contributed by atoms with Crippen LogP contribution in [0.5, 0.6) is 5.75 Å². The molecule has 26 heavy (non-hydrogen) atoms. The van der Waals surface area contributed by atoms with Crippen LogP contribution in [0.1, 0.15) is 24.1 Å². The van der Waals surface area contributed by atoms with Crippen LogP contribution in [-0.2, 0) is 14.8 Å². The number of carbonyl (C=O) groups excluding carboxylic acids is 1. The fourth-order valence-electron chi connectivity index (χ4n) is 2.52. The fraction of sp³-hybridized carbons (Fsp3) is 0.316. The van der Waals surface area contributed by atoms with E-state index < -0.39 is 10.0 Å². The summed E-state index contributed by atoms with van der Waals surface area (Å²) in [5.41, 5.74) is 2.47. The smallest absolute Gasteiger partial charge is 0.241 e. The second-order valence-corrected chi connectivity index (χ2v) is 8.08. The lowest BCUT2D eigenvalue weighted by atomic mass is 10.1. The first kappa shape index (κ1) is 19.8. The molecule has 0 bridgehead atoms. The van der Waals surface area contributed by atoms with Crippen molar-refractivity contribution in [3.8, 4) is 5.75 Å². The minimum absolute atomic E-state index is 0.227. The average molecular weight is 376 g/mol. The van der Waals surface area contributed by atoms with Gasteiger partial charge in [0, 0.05) is 6.07 Å². The zero-order valence-electron chi connectivity index (χ0n) is 15.4. The molecule has 0 radical (unpaired) electrons. The quantitative estimate of drug-likeness (QED) is 0.806. The van der Waals surface area contributed by atoms with Crippen LogP contribution in [0.15, 0.2) is 48.5 Å². The largest absolute Gasteiger partial charge is 0.497 e. The first-order chi connectivity index (χ1) is 12.2. The third kappa shape index (κ3) is 5.23. The van der Waals surface area contributed by atoms with Gasteiger partial charge >= 0.3 is 0 Å². The van der Waals surface area contributed by atoms with E-state index in [2.05, 4.69) is 5.32 Å². The number of nitrogens with zero attached hydrogens (tertiary/aromatic N) is 1. The van der Waals surface area contributed by atoms with Crippen LogP contribution in [0.2, 0.25) is 0 Å². The minimum Gasteiger partial charge on any atom is -0.497 e. The summed E-state index contributed by atoms with van der Waals surface area (Å²) in [4.78, 5) is 12.4. The molecule has 6 nitrogen and oxygen atoms in total. The van der Waals surface area contributed by atoms with Gasteiger partial charge in [0.15, 0.2) is 0 Å². The van der Waals surface area contributed by atoms with Crippen LogP contribution in [0.25, 0.3) is 0 Å². The molecule has 2 aromatic carbocycles. The van der Waals surface area contributed by atoms with Crippen molar-refractivity contribution in [2.24, 2.45) is 0 Å². The summed E-state index contributed by atoms with van der Waals surface area (Å²) >= 11 is 0. The fourth-order valence-corrected chi connectivity index (χ4v) is 3.37. The minimum atomic E-state index is -3.63. The predicted octanol–water partition coefficient (Wildman–Crippen LogP) is 2.65. The number of rotatable bonds is 7. The van der Waals surface area contributed by atoms with Crippen molar-refractivity contribution in [1.82, 2.24) is 5.32 Å². The van der Waals surface area contributed by atoms with Crippen molar-refractivity contribution >= 4 is 21.6 Å². The maximum Gasteiger partial charge on any atom is 0.241 e. The van der Waals surface area contributed by atoms with Gasteiger partial charge in [0.05, 0.1) is 25.1 Å². The summed E-state index contributed by atoms with van der Waals surface area (Å²) in [6.45, 7) is 3.55. The number of anilines is 1. The highest BCUT2D eigenvalue weighted by Gasteiger charge is 2.22. The van der Waals surface area contributed by atoms with Gasteiger partial charge in [-0.25, -0.2) is 8.42 Å². The molecular formula is C19H24N2O4S. The van der Waals surface area contributed by atoms with Gasteiger partial charge in [-0.2, -0.15) is 0 Å². The van der Waals surface area contributed by atoms with Gasteiger partial charge in [-0.1, -0.05) is 35.9 Å². The van der Waals surface area contributed by atoms with E-state index >= 15 is 0 Å². The molecule has 7 heteroatoms. The van der Waals surface area contributed by atoms with Crippen molar-refractivity contribution < 1.29 is 17.9 Å². The predicted molar refractivity (Wildman–Crippen MR) is 103 cm³/mol. The van der Waals surface area contributed by atoms with Gasteiger partial charge in [0.2, 0.25) is 15.9 Å². The first-order valence-corrected chi connectivity index (χ1v) is 10.0. The molecule has 1 amide bonds. The van der Waals surface area contributed by atoms with Gasteiger partial charge in [0.1, 0.15) is 12.3 Å². The van der Waals surface area contributed by atoms with E-state index in [4.69, 9.17) is 4.74 Å². The normalized spacial score (nSPS) is 12.3. The van der Waals surface area contributed by atoms with Gasteiger partial charge in [0.25, 0.3) is 0 Å². The molecule has 0 aliphatic carbocycles. The molecule has 0 heterocycles. The Bertz CT molecular complexity index is 863. The van der Waals surface area contributed by atoms with Crippen LogP contribution >= 0.6 is 0 Å². The summed E-state index contributed by atoms with van der Waals surface area (Å²) in [7, 11) is -2.13. The number of benzene rings is 2. The number of nitrogens with one attached hydrogen (secondary N) is 1. The lowest BCUT2D eigenvalue weighted by molar-refractivity contribution is -0.120. The number of hydrogen-bond acceptors (Lipinski definition) is 4. The Morgan fingerprint density at radius 2 is 1.85 bits per heavy atom. The Labute approximate surface area is 154 Å². The number of ether oxygens (including phenoxy) is 1. The number of hydrogen-bond donors (Lipinski definition) is 1. The third-order valence-corrected chi connectivity index (χ3v) is 5.12. The van der Waals surface area contributed by atoms with E-state index in [1.54, 1.807) is 24.3 Å². The lowest BCUT2D eigenvalue weighted by Gasteiger charge is -2.23. The Morgan fingerprint density at radius 1 is 1.19 bits per heavy atom. The maximum atomic E-state index is 12.4. The summed E-state index contributed by atoms with van der Waals surface area (Å²) in [5.74, 6) is 0.135. The number of aryl methyl sites for hydroxylation is 1. The highest BCUT2D eigenvalue weighted by Crippen LogP contribution is 2.23. The standard InChI is InChI=1S/C19H24N2O4S/c1-14-8-10-16(11-9-14)15(2)20-19(22)13-21(26(4,23)24)17-6-5-7-18(12-17)25-3/h5-12,15H,13H2,1-4H3,(H,20,22)/t15-/m0/s1. The molecule has 0 aliphatic rings. The molecular weight excluding hydrogens is 352 g/mol. The van der Waals surface area contributed by atoms with E-state index in [1.807, 2.05) is 38.1 Å². The Hall–Kier alpha value is -2.54. The average Bonchev–Trinajstić information content (AvgIpc) is 2.59. The highest BCUT2D eigenvalue weighted by atomic mass is 32.2. The summed E-state index contributed by atoms with van der Waals surface area (Å²) in [6.07, 6.45) is 1.07. The molecule has 2 rings (SSSR count). The Kier molecular flexibility index (Phi) is 6.26. The monoisotopic (exact) mass is 376 g/mol. The zero-order valence-corrected chi connectivity index (χ0v) is 16.2. The third-order valence-electron chi connectivity index (χ3n) is 3.98. The summed E-state index contributed by atoms with van der Waals surface area (Å²) < 4.78 is 30.5. The van der Waals surface area contributed by atoms with Crippen LogP contribution in [-0.4, -0.2) is 34.2 Å². The first-order valence-electron chi connectivity index (χ1n) is 8.18. The van der Waals surface area contributed by atoms with E-state index in [-0.39, 0.29) is 18.5 Å². The van der Waals surface area contributed by atoms with E-state index in [0.29, 0.717) is 11.4 Å². The molecule has 0 aliphatic heterocycles. The van der Waals surface area contributed by atoms with Gasteiger partial charge < -0.3 is 10.1 Å². The molecule has 2 aromatic rings. The van der Waals surface area contributed by atoms with Crippen molar-refractivity contribution in [1.29, 1.82) is 0 Å². The molecule has 140 valence electrons. The number of sulfonamides is 1. The molecule has 1 atom stereocenters. The van der Waals surface area contributed by atoms with Gasteiger partial charge in [-0.3, -0.25) is 9.10 Å². The van der Waals surface area contributed by atoms with Crippen LogP contribution in [0.3, 0.4) is 0 Å². The molecule has 0 spiro atoms. The molecule has 0 aromatic heterocycles. The number of amides is 1. The van der Waals surface area contributed by atoms with E-state index in [0.717, 1.165) is 21.7 Å². The van der Waals surface area contributed by atoms with Crippen LogP contribution < -0.4 is 14.4 Å². The molecule has 1 N–H and O–H groups in total.